The fourth-order valence-electron chi connectivity index (χ4n) is 3.81. The maximum Gasteiger partial charge on any atom is 0.0586 e. The molecule has 0 aromatic rings. The SMILES string of the molecule is CCCN1CCC(C(C)NC2CCC(OC)C2)CC1. The number of hydrogen-bond donors (Lipinski definition) is 1. The molecule has 2 rings (SSSR count). The highest BCUT2D eigenvalue weighted by atomic mass is 16.5. The summed E-state index contributed by atoms with van der Waals surface area (Å²) in [4.78, 5) is 2.62. The summed E-state index contributed by atoms with van der Waals surface area (Å²) in [6.07, 6.45) is 8.25. The van der Waals surface area contributed by atoms with Crippen LogP contribution in [0.5, 0.6) is 0 Å². The molecule has 0 aromatic heterocycles. The number of nitrogens with zero attached hydrogens (tertiary/aromatic N) is 1. The van der Waals surface area contributed by atoms with Crippen LogP contribution in [0.25, 0.3) is 0 Å². The molecule has 3 unspecified atom stereocenters. The van der Waals surface area contributed by atoms with Crippen molar-refractivity contribution in [3.05, 3.63) is 0 Å². The van der Waals surface area contributed by atoms with Gasteiger partial charge in [-0.1, -0.05) is 6.92 Å². The van der Waals surface area contributed by atoms with Gasteiger partial charge < -0.3 is 15.0 Å². The summed E-state index contributed by atoms with van der Waals surface area (Å²) in [5.74, 6) is 0.870. The molecular weight excluding hydrogens is 236 g/mol. The van der Waals surface area contributed by atoms with E-state index in [1.165, 1.54) is 58.2 Å². The third-order valence-corrected chi connectivity index (χ3v) is 5.10. The van der Waals surface area contributed by atoms with Gasteiger partial charge in [0.1, 0.15) is 0 Å². The lowest BCUT2D eigenvalue weighted by atomic mass is 9.89. The molecule has 0 spiro atoms. The lowest BCUT2D eigenvalue weighted by Gasteiger charge is -2.36. The largest absolute Gasteiger partial charge is 0.381 e. The smallest absolute Gasteiger partial charge is 0.0586 e. The van der Waals surface area contributed by atoms with Crippen LogP contribution >= 0.6 is 0 Å². The second-order valence-electron chi connectivity index (χ2n) is 6.50. The van der Waals surface area contributed by atoms with Crippen molar-refractivity contribution in [2.75, 3.05) is 26.7 Å². The minimum atomic E-state index is 0.496. The zero-order valence-electron chi connectivity index (χ0n) is 13.0. The van der Waals surface area contributed by atoms with E-state index in [1.807, 2.05) is 7.11 Å². The van der Waals surface area contributed by atoms with Crippen molar-refractivity contribution in [3.8, 4) is 0 Å². The first-order valence-corrected chi connectivity index (χ1v) is 8.24. The summed E-state index contributed by atoms with van der Waals surface area (Å²) < 4.78 is 5.46. The Balaban J connectivity index is 1.68. The van der Waals surface area contributed by atoms with Crippen LogP contribution < -0.4 is 5.32 Å². The monoisotopic (exact) mass is 268 g/mol. The summed E-state index contributed by atoms with van der Waals surface area (Å²) in [5, 5.41) is 3.86. The van der Waals surface area contributed by atoms with Crippen LogP contribution in [-0.4, -0.2) is 49.8 Å². The van der Waals surface area contributed by atoms with Crippen LogP contribution in [0.1, 0.15) is 52.4 Å². The number of hydrogen-bond acceptors (Lipinski definition) is 3. The average Bonchev–Trinajstić information content (AvgIpc) is 2.87. The number of likely N-dealkylation sites (tertiary alicyclic amines) is 1. The molecule has 1 aliphatic heterocycles. The standard InChI is InChI=1S/C16H32N2O/c1-4-9-18-10-7-14(8-11-18)13(2)17-15-5-6-16(12-15)19-3/h13-17H,4-12H2,1-3H3. The highest BCUT2D eigenvalue weighted by molar-refractivity contribution is 4.86. The van der Waals surface area contributed by atoms with E-state index in [2.05, 4.69) is 24.1 Å². The van der Waals surface area contributed by atoms with Crippen molar-refractivity contribution in [3.63, 3.8) is 0 Å². The maximum absolute atomic E-state index is 5.46. The van der Waals surface area contributed by atoms with Gasteiger partial charge in [0.05, 0.1) is 6.10 Å². The van der Waals surface area contributed by atoms with Crippen molar-refractivity contribution >= 4 is 0 Å². The Morgan fingerprint density at radius 1 is 1.21 bits per heavy atom. The fourth-order valence-corrected chi connectivity index (χ4v) is 3.81. The van der Waals surface area contributed by atoms with Gasteiger partial charge >= 0.3 is 0 Å². The van der Waals surface area contributed by atoms with Crippen LogP contribution in [0.2, 0.25) is 0 Å². The first kappa shape index (κ1) is 15.3. The second kappa shape index (κ2) is 7.61. The number of piperidine rings is 1. The van der Waals surface area contributed by atoms with Gasteiger partial charge in [-0.25, -0.2) is 0 Å². The van der Waals surface area contributed by atoms with Crippen LogP contribution in [0.4, 0.5) is 0 Å². The zero-order chi connectivity index (χ0) is 13.7. The van der Waals surface area contributed by atoms with Crippen LogP contribution in [0.3, 0.4) is 0 Å². The highest BCUT2D eigenvalue weighted by Gasteiger charge is 2.29. The molecule has 0 bridgehead atoms. The van der Waals surface area contributed by atoms with Crippen LogP contribution in [-0.2, 0) is 4.74 Å². The lowest BCUT2D eigenvalue weighted by Crippen LogP contribution is -2.45. The van der Waals surface area contributed by atoms with E-state index >= 15 is 0 Å². The van der Waals surface area contributed by atoms with Crippen LogP contribution in [0.15, 0.2) is 0 Å². The molecule has 19 heavy (non-hydrogen) atoms. The third kappa shape index (κ3) is 4.44. The Bertz CT molecular complexity index is 251. The van der Waals surface area contributed by atoms with E-state index in [0.29, 0.717) is 18.2 Å². The first-order chi connectivity index (χ1) is 9.22. The Labute approximate surface area is 119 Å². The van der Waals surface area contributed by atoms with Crippen molar-refractivity contribution in [2.24, 2.45) is 5.92 Å². The van der Waals surface area contributed by atoms with Gasteiger partial charge in [-0.05, 0) is 71.0 Å². The molecular formula is C16H32N2O. The molecule has 3 nitrogen and oxygen atoms in total. The van der Waals surface area contributed by atoms with E-state index in [9.17, 15) is 0 Å². The van der Waals surface area contributed by atoms with E-state index in [4.69, 9.17) is 4.74 Å². The Kier molecular flexibility index (Phi) is 6.11. The number of rotatable bonds is 6. The summed E-state index contributed by atoms with van der Waals surface area (Å²) in [6, 6.07) is 1.36. The Morgan fingerprint density at radius 3 is 2.53 bits per heavy atom. The van der Waals surface area contributed by atoms with Gasteiger partial charge in [0.2, 0.25) is 0 Å². The molecule has 3 heteroatoms. The minimum Gasteiger partial charge on any atom is -0.381 e. The van der Waals surface area contributed by atoms with Gasteiger partial charge in [-0.15, -0.1) is 0 Å². The summed E-state index contributed by atoms with van der Waals surface area (Å²) >= 11 is 0. The van der Waals surface area contributed by atoms with Gasteiger partial charge in [-0.2, -0.15) is 0 Å². The topological polar surface area (TPSA) is 24.5 Å². The van der Waals surface area contributed by atoms with E-state index < -0.39 is 0 Å². The minimum absolute atomic E-state index is 0.496. The molecule has 2 aliphatic rings. The van der Waals surface area contributed by atoms with E-state index in [1.54, 1.807) is 0 Å². The normalized spacial score (nSPS) is 31.7. The molecule has 1 heterocycles. The molecule has 3 atom stereocenters. The first-order valence-electron chi connectivity index (χ1n) is 8.24. The zero-order valence-corrected chi connectivity index (χ0v) is 13.0. The third-order valence-electron chi connectivity index (χ3n) is 5.10. The predicted octanol–water partition coefficient (Wildman–Crippen LogP) is 2.65. The second-order valence-corrected chi connectivity index (χ2v) is 6.50. The van der Waals surface area contributed by atoms with Gasteiger partial charge in [0.15, 0.2) is 0 Å². The Hall–Kier alpha value is -0.120. The average molecular weight is 268 g/mol. The number of nitrogens with one attached hydrogen (secondary N) is 1. The molecule has 2 fully saturated rings. The molecule has 0 radical (unpaired) electrons. The Morgan fingerprint density at radius 2 is 1.95 bits per heavy atom. The molecule has 0 amide bonds. The summed E-state index contributed by atoms with van der Waals surface area (Å²) in [6.45, 7) is 8.56. The van der Waals surface area contributed by atoms with E-state index in [-0.39, 0.29) is 0 Å². The highest BCUT2D eigenvalue weighted by Crippen LogP contribution is 2.25. The molecule has 1 saturated heterocycles. The number of ether oxygens (including phenoxy) is 1. The van der Waals surface area contributed by atoms with E-state index in [0.717, 1.165) is 5.92 Å². The quantitative estimate of drug-likeness (QED) is 0.801. The molecule has 0 aromatic carbocycles. The molecule has 112 valence electrons. The van der Waals surface area contributed by atoms with Crippen LogP contribution in [0, 0.1) is 5.92 Å². The van der Waals surface area contributed by atoms with Gasteiger partial charge in [0.25, 0.3) is 0 Å². The van der Waals surface area contributed by atoms with Crippen molar-refractivity contribution in [1.29, 1.82) is 0 Å². The predicted molar refractivity (Wildman–Crippen MR) is 80.5 cm³/mol. The van der Waals surface area contributed by atoms with Crippen molar-refractivity contribution in [1.82, 2.24) is 10.2 Å². The fraction of sp³-hybridized carbons (Fsp3) is 1.00. The summed E-state index contributed by atoms with van der Waals surface area (Å²) in [7, 11) is 1.85. The molecule has 1 aliphatic carbocycles. The van der Waals surface area contributed by atoms with Gasteiger partial charge in [0, 0.05) is 19.2 Å². The summed E-state index contributed by atoms with van der Waals surface area (Å²) in [5.41, 5.74) is 0. The van der Waals surface area contributed by atoms with Crippen molar-refractivity contribution in [2.45, 2.75) is 70.6 Å². The lowest BCUT2D eigenvalue weighted by molar-refractivity contribution is 0.105. The number of methoxy groups -OCH3 is 1. The maximum atomic E-state index is 5.46. The van der Waals surface area contributed by atoms with Crippen molar-refractivity contribution < 1.29 is 4.74 Å². The molecule has 1 saturated carbocycles. The van der Waals surface area contributed by atoms with Gasteiger partial charge in [-0.3, -0.25) is 0 Å². The molecule has 1 N–H and O–H groups in total.